The maximum atomic E-state index is 13.1. The molecule has 0 bridgehead atoms. The lowest BCUT2D eigenvalue weighted by Crippen LogP contribution is -2.31. The second kappa shape index (κ2) is 7.73. The summed E-state index contributed by atoms with van der Waals surface area (Å²) in [6, 6.07) is 15.2. The molecule has 7 heteroatoms. The van der Waals surface area contributed by atoms with Crippen molar-refractivity contribution in [2.24, 2.45) is 0 Å². The first-order chi connectivity index (χ1) is 13.5. The summed E-state index contributed by atoms with van der Waals surface area (Å²) >= 11 is 7.36. The molecule has 1 aromatic heterocycles. The lowest BCUT2D eigenvalue weighted by molar-refractivity contribution is -0.116. The van der Waals surface area contributed by atoms with E-state index in [0.29, 0.717) is 21.4 Å². The molecule has 1 aliphatic heterocycles. The minimum absolute atomic E-state index is 0.172. The van der Waals surface area contributed by atoms with Crippen LogP contribution >= 0.6 is 23.4 Å². The first-order valence-electron chi connectivity index (χ1n) is 8.55. The summed E-state index contributed by atoms with van der Waals surface area (Å²) < 4.78 is 18.8. The largest absolute Gasteiger partial charge is 0.457 e. The molecule has 0 spiro atoms. The molecule has 142 valence electrons. The molecule has 4 rings (SSSR count). The molecule has 0 aliphatic carbocycles. The van der Waals surface area contributed by atoms with E-state index < -0.39 is 0 Å². The summed E-state index contributed by atoms with van der Waals surface area (Å²) in [6.07, 6.45) is 1.70. The molecule has 4 nitrogen and oxygen atoms in total. The van der Waals surface area contributed by atoms with Crippen molar-refractivity contribution in [3.05, 3.63) is 81.7 Å². The number of aryl methyl sites for hydroxylation is 1. The molecular weight excluding hydrogens is 399 g/mol. The highest BCUT2D eigenvalue weighted by Gasteiger charge is 2.27. The number of thioether (sulfide) groups is 1. The van der Waals surface area contributed by atoms with Crippen LogP contribution in [0.15, 0.2) is 63.9 Å². The molecule has 0 saturated carbocycles. The fourth-order valence-electron chi connectivity index (χ4n) is 2.82. The van der Waals surface area contributed by atoms with Gasteiger partial charge in [0.15, 0.2) is 5.50 Å². The number of benzene rings is 2. The Bertz CT molecular complexity index is 1060. The molecule has 1 aliphatic rings. The lowest BCUT2D eigenvalue weighted by atomic mass is 10.2. The van der Waals surface area contributed by atoms with Crippen molar-refractivity contribution < 1.29 is 13.6 Å². The number of rotatable bonds is 4. The fourth-order valence-corrected chi connectivity index (χ4v) is 4.01. The van der Waals surface area contributed by atoms with Crippen LogP contribution in [0.4, 0.5) is 10.1 Å². The zero-order valence-corrected chi connectivity index (χ0v) is 16.4. The smallest absolute Gasteiger partial charge is 0.260 e. The van der Waals surface area contributed by atoms with Gasteiger partial charge in [-0.25, -0.2) is 4.39 Å². The average Bonchev–Trinajstić information content (AvgIpc) is 3.25. The van der Waals surface area contributed by atoms with E-state index in [1.165, 1.54) is 23.9 Å². The van der Waals surface area contributed by atoms with Crippen molar-refractivity contribution in [3.63, 3.8) is 0 Å². The highest BCUT2D eigenvalue weighted by molar-refractivity contribution is 8.05. The predicted molar refractivity (Wildman–Crippen MR) is 111 cm³/mol. The van der Waals surface area contributed by atoms with E-state index in [0.717, 1.165) is 16.8 Å². The Kier molecular flexibility index (Phi) is 5.15. The van der Waals surface area contributed by atoms with Gasteiger partial charge in [-0.3, -0.25) is 4.79 Å². The molecule has 1 saturated heterocycles. The third-order valence-electron chi connectivity index (χ3n) is 4.23. The Hall–Kier alpha value is -2.70. The summed E-state index contributed by atoms with van der Waals surface area (Å²) in [5.74, 6) is 0.696. The van der Waals surface area contributed by atoms with Crippen LogP contribution in [-0.2, 0) is 4.79 Å². The molecule has 28 heavy (non-hydrogen) atoms. The zero-order valence-electron chi connectivity index (χ0n) is 14.8. The molecule has 3 aromatic rings. The minimum atomic E-state index is -0.300. The third-order valence-corrected chi connectivity index (χ3v) is 5.50. The van der Waals surface area contributed by atoms with Gasteiger partial charge in [-0.2, -0.15) is 0 Å². The van der Waals surface area contributed by atoms with Gasteiger partial charge in [-0.15, -0.1) is 0 Å². The van der Waals surface area contributed by atoms with E-state index in [4.69, 9.17) is 16.0 Å². The van der Waals surface area contributed by atoms with Crippen LogP contribution < -0.4 is 10.6 Å². The van der Waals surface area contributed by atoms with Gasteiger partial charge >= 0.3 is 0 Å². The van der Waals surface area contributed by atoms with Crippen LogP contribution in [0.2, 0.25) is 5.02 Å². The second-order valence-corrected chi connectivity index (χ2v) is 7.88. The summed E-state index contributed by atoms with van der Waals surface area (Å²) in [7, 11) is 0. The molecule has 2 heterocycles. The number of hydrogen-bond acceptors (Lipinski definition) is 4. The van der Waals surface area contributed by atoms with Crippen LogP contribution in [0, 0.1) is 12.7 Å². The summed E-state index contributed by atoms with van der Waals surface area (Å²) in [5, 5.41) is 6.84. The normalized spacial score (nSPS) is 17.8. The van der Waals surface area contributed by atoms with Gasteiger partial charge in [0.1, 0.15) is 17.3 Å². The van der Waals surface area contributed by atoms with Gasteiger partial charge in [-0.1, -0.05) is 23.4 Å². The highest BCUT2D eigenvalue weighted by Crippen LogP contribution is 2.32. The van der Waals surface area contributed by atoms with E-state index in [2.05, 4.69) is 10.6 Å². The summed E-state index contributed by atoms with van der Waals surface area (Å²) in [5.41, 5.74) is 2.38. The van der Waals surface area contributed by atoms with Crippen LogP contribution in [0.3, 0.4) is 0 Å². The highest BCUT2D eigenvalue weighted by atomic mass is 35.5. The molecule has 1 fully saturated rings. The average molecular weight is 415 g/mol. The molecule has 2 aromatic carbocycles. The predicted octanol–water partition coefficient (Wildman–Crippen LogP) is 5.65. The Morgan fingerprint density at radius 2 is 1.96 bits per heavy atom. The second-order valence-electron chi connectivity index (χ2n) is 6.29. The maximum absolute atomic E-state index is 13.1. The molecule has 1 atom stereocenters. The SMILES string of the molecule is Cc1cc(Cl)ccc1NC1NC(=O)/C(=C/c2ccc(-c3ccc(F)cc3)o2)S1. The van der Waals surface area contributed by atoms with Gasteiger partial charge < -0.3 is 15.1 Å². The standard InChI is InChI=1S/C21H16ClFN2O2S/c1-12-10-14(22)4-8-17(12)24-21-25-20(26)19(28-21)11-16-7-9-18(27-16)13-2-5-15(23)6-3-13/h2-11,21,24H,1H3,(H,25,26)/b19-11-. The van der Waals surface area contributed by atoms with Crippen LogP contribution in [0.1, 0.15) is 11.3 Å². The molecule has 2 N–H and O–H groups in total. The topological polar surface area (TPSA) is 54.3 Å². The zero-order chi connectivity index (χ0) is 19.7. The number of hydrogen-bond donors (Lipinski definition) is 2. The van der Waals surface area contributed by atoms with Crippen molar-refractivity contribution in [1.29, 1.82) is 0 Å². The lowest BCUT2D eigenvalue weighted by Gasteiger charge is -2.14. The van der Waals surface area contributed by atoms with E-state index in [9.17, 15) is 9.18 Å². The van der Waals surface area contributed by atoms with Crippen LogP contribution in [0.25, 0.3) is 17.4 Å². The van der Waals surface area contributed by atoms with E-state index in [1.807, 2.05) is 19.1 Å². The Morgan fingerprint density at radius 3 is 2.71 bits per heavy atom. The van der Waals surface area contributed by atoms with Gasteiger partial charge in [0.2, 0.25) is 0 Å². The molecule has 1 unspecified atom stereocenters. The summed E-state index contributed by atoms with van der Waals surface area (Å²) in [4.78, 5) is 12.8. The Balaban J connectivity index is 1.48. The van der Waals surface area contributed by atoms with Crippen molar-refractivity contribution in [2.45, 2.75) is 12.4 Å². The Morgan fingerprint density at radius 1 is 1.18 bits per heavy atom. The number of nitrogens with one attached hydrogen (secondary N) is 2. The van der Waals surface area contributed by atoms with Crippen molar-refractivity contribution in [2.75, 3.05) is 5.32 Å². The van der Waals surface area contributed by atoms with E-state index >= 15 is 0 Å². The number of carbonyl (C=O) groups is 1. The van der Waals surface area contributed by atoms with Crippen molar-refractivity contribution in [3.8, 4) is 11.3 Å². The third kappa shape index (κ3) is 4.08. The molecule has 1 amide bonds. The quantitative estimate of drug-likeness (QED) is 0.542. The van der Waals surface area contributed by atoms with E-state index in [1.54, 1.807) is 36.4 Å². The van der Waals surface area contributed by atoms with Crippen LogP contribution in [-0.4, -0.2) is 11.4 Å². The first-order valence-corrected chi connectivity index (χ1v) is 9.81. The van der Waals surface area contributed by atoms with Gasteiger partial charge in [-0.05, 0) is 67.1 Å². The van der Waals surface area contributed by atoms with Crippen molar-refractivity contribution >= 4 is 41.0 Å². The maximum Gasteiger partial charge on any atom is 0.260 e. The molecular formula is C21H16ClFN2O2S. The van der Waals surface area contributed by atoms with Gasteiger partial charge in [0, 0.05) is 22.3 Å². The van der Waals surface area contributed by atoms with Gasteiger partial charge in [0.25, 0.3) is 5.91 Å². The first kappa shape index (κ1) is 18.7. The fraction of sp³-hybridized carbons (Fsp3) is 0.0952. The Labute approximate surface area is 170 Å². The van der Waals surface area contributed by atoms with Gasteiger partial charge in [0.05, 0.1) is 4.91 Å². The monoisotopic (exact) mass is 414 g/mol. The summed E-state index contributed by atoms with van der Waals surface area (Å²) in [6.45, 7) is 1.95. The number of furan rings is 1. The minimum Gasteiger partial charge on any atom is -0.457 e. The number of anilines is 1. The number of halogens is 2. The molecule has 0 radical (unpaired) electrons. The van der Waals surface area contributed by atoms with E-state index in [-0.39, 0.29) is 17.2 Å². The number of carbonyl (C=O) groups excluding carboxylic acids is 1. The van der Waals surface area contributed by atoms with Crippen molar-refractivity contribution in [1.82, 2.24) is 5.32 Å². The number of amides is 1. The van der Waals surface area contributed by atoms with Crippen LogP contribution in [0.5, 0.6) is 0 Å².